The van der Waals surface area contributed by atoms with E-state index in [2.05, 4.69) is 29.0 Å². The zero-order valence-electron chi connectivity index (χ0n) is 11.4. The lowest BCUT2D eigenvalue weighted by molar-refractivity contribution is 0.354. The maximum Gasteiger partial charge on any atom is 0.141 e. The van der Waals surface area contributed by atoms with E-state index in [1.165, 1.54) is 12.6 Å². The highest BCUT2D eigenvalue weighted by molar-refractivity contribution is 5.47. The van der Waals surface area contributed by atoms with Crippen LogP contribution in [0.4, 0.5) is 10.2 Å². The second-order valence-electron chi connectivity index (χ2n) is 5.52. The molecule has 18 heavy (non-hydrogen) atoms. The summed E-state index contributed by atoms with van der Waals surface area (Å²) in [5.74, 6) is 2.01. The molecule has 2 atom stereocenters. The molecular weight excluding hydrogens is 229 g/mol. The zero-order chi connectivity index (χ0) is 13.1. The largest absolute Gasteiger partial charge is 0.356 e. The lowest BCUT2D eigenvalue weighted by atomic mass is 9.91. The summed E-state index contributed by atoms with van der Waals surface area (Å²) in [5.41, 5.74) is 0.943. The molecule has 2 rings (SSSR count). The number of hydrogen-bond acceptors (Lipinski definition) is 3. The molecule has 1 N–H and O–H groups in total. The van der Waals surface area contributed by atoms with E-state index in [9.17, 15) is 4.39 Å². The first-order valence-corrected chi connectivity index (χ1v) is 6.64. The first kappa shape index (κ1) is 13.3. The van der Waals surface area contributed by atoms with Crippen molar-refractivity contribution in [2.75, 3.05) is 25.0 Å². The van der Waals surface area contributed by atoms with Crippen LogP contribution in [0.2, 0.25) is 0 Å². The van der Waals surface area contributed by atoms with E-state index in [1.807, 2.05) is 7.05 Å². The minimum absolute atomic E-state index is 0.262. The minimum atomic E-state index is -0.262. The van der Waals surface area contributed by atoms with Gasteiger partial charge in [0.25, 0.3) is 0 Å². The molecule has 1 aromatic rings. The SMILES string of the molecule is CNCc1cc(F)cnc1N1CC(C)CC(C)C1. The van der Waals surface area contributed by atoms with Gasteiger partial charge < -0.3 is 10.2 Å². The molecule has 1 aromatic heterocycles. The van der Waals surface area contributed by atoms with Gasteiger partial charge in [-0.3, -0.25) is 0 Å². The molecule has 3 nitrogen and oxygen atoms in total. The Hall–Kier alpha value is -1.16. The fourth-order valence-electron chi connectivity index (χ4n) is 2.92. The van der Waals surface area contributed by atoms with E-state index in [0.717, 1.165) is 24.5 Å². The van der Waals surface area contributed by atoms with E-state index in [-0.39, 0.29) is 5.82 Å². The Morgan fingerprint density at radius 1 is 1.39 bits per heavy atom. The van der Waals surface area contributed by atoms with Crippen molar-refractivity contribution >= 4 is 5.82 Å². The smallest absolute Gasteiger partial charge is 0.141 e. The summed E-state index contributed by atoms with van der Waals surface area (Å²) in [6.07, 6.45) is 2.58. The predicted molar refractivity (Wildman–Crippen MR) is 72.1 cm³/mol. The highest BCUT2D eigenvalue weighted by Crippen LogP contribution is 2.27. The predicted octanol–water partition coefficient (Wildman–Crippen LogP) is 2.42. The maximum absolute atomic E-state index is 13.3. The van der Waals surface area contributed by atoms with Gasteiger partial charge >= 0.3 is 0 Å². The molecule has 1 saturated heterocycles. The van der Waals surface area contributed by atoms with Gasteiger partial charge in [-0.15, -0.1) is 0 Å². The van der Waals surface area contributed by atoms with Crippen molar-refractivity contribution in [3.05, 3.63) is 23.6 Å². The van der Waals surface area contributed by atoms with Crippen molar-refractivity contribution in [1.29, 1.82) is 0 Å². The third-order valence-electron chi connectivity index (χ3n) is 3.45. The molecule has 0 spiro atoms. The van der Waals surface area contributed by atoms with Crippen molar-refractivity contribution in [1.82, 2.24) is 10.3 Å². The Bertz CT molecular complexity index is 398. The topological polar surface area (TPSA) is 28.2 Å². The van der Waals surface area contributed by atoms with E-state index in [1.54, 1.807) is 6.07 Å². The third-order valence-corrected chi connectivity index (χ3v) is 3.45. The normalized spacial score (nSPS) is 24.3. The molecule has 0 amide bonds. The van der Waals surface area contributed by atoms with Crippen LogP contribution in [-0.4, -0.2) is 25.1 Å². The van der Waals surface area contributed by atoms with Crippen LogP contribution in [0.15, 0.2) is 12.3 Å². The maximum atomic E-state index is 13.3. The summed E-state index contributed by atoms with van der Waals surface area (Å²) in [5, 5.41) is 3.08. The average Bonchev–Trinajstić information content (AvgIpc) is 2.28. The number of nitrogens with one attached hydrogen (secondary N) is 1. The molecule has 2 heterocycles. The van der Waals surface area contributed by atoms with Crippen molar-refractivity contribution < 1.29 is 4.39 Å². The van der Waals surface area contributed by atoms with E-state index < -0.39 is 0 Å². The fraction of sp³-hybridized carbons (Fsp3) is 0.643. The number of nitrogens with zero attached hydrogens (tertiary/aromatic N) is 2. The molecule has 1 aliphatic heterocycles. The van der Waals surface area contributed by atoms with Gasteiger partial charge in [0, 0.05) is 25.2 Å². The molecule has 0 saturated carbocycles. The molecule has 1 fully saturated rings. The van der Waals surface area contributed by atoms with Gasteiger partial charge in [0.1, 0.15) is 11.6 Å². The molecule has 0 aliphatic carbocycles. The van der Waals surface area contributed by atoms with Crippen molar-refractivity contribution in [3.8, 4) is 0 Å². The first-order valence-electron chi connectivity index (χ1n) is 6.64. The first-order chi connectivity index (χ1) is 8.60. The standard InChI is InChI=1S/C14H22FN3/c1-10-4-11(2)9-18(8-10)14-12(6-16-3)5-13(15)7-17-14/h5,7,10-11,16H,4,6,8-9H2,1-3H3. The van der Waals surface area contributed by atoms with Crippen molar-refractivity contribution in [3.63, 3.8) is 0 Å². The number of aromatic nitrogens is 1. The van der Waals surface area contributed by atoms with Crippen molar-refractivity contribution in [2.45, 2.75) is 26.8 Å². The van der Waals surface area contributed by atoms with Crippen LogP contribution in [0, 0.1) is 17.7 Å². The molecule has 4 heteroatoms. The lowest BCUT2D eigenvalue weighted by Gasteiger charge is -2.36. The summed E-state index contributed by atoms with van der Waals surface area (Å²) >= 11 is 0. The molecule has 0 radical (unpaired) electrons. The Kier molecular flexibility index (Phi) is 4.17. The van der Waals surface area contributed by atoms with Gasteiger partial charge in [-0.05, 0) is 31.4 Å². The average molecular weight is 251 g/mol. The summed E-state index contributed by atoms with van der Waals surface area (Å²) in [6, 6.07) is 1.59. The second-order valence-corrected chi connectivity index (χ2v) is 5.52. The van der Waals surface area contributed by atoms with Crippen LogP contribution in [0.1, 0.15) is 25.8 Å². The third kappa shape index (κ3) is 2.99. The van der Waals surface area contributed by atoms with Crippen LogP contribution in [0.3, 0.4) is 0 Å². The molecular formula is C14H22FN3. The van der Waals surface area contributed by atoms with Gasteiger partial charge in [0.05, 0.1) is 6.20 Å². The number of piperidine rings is 1. The fourth-order valence-corrected chi connectivity index (χ4v) is 2.92. The van der Waals surface area contributed by atoms with Crippen LogP contribution in [0.25, 0.3) is 0 Å². The van der Waals surface area contributed by atoms with E-state index >= 15 is 0 Å². The summed E-state index contributed by atoms with van der Waals surface area (Å²) in [4.78, 5) is 6.60. The molecule has 0 bridgehead atoms. The van der Waals surface area contributed by atoms with E-state index in [0.29, 0.717) is 18.4 Å². The number of hydrogen-bond donors (Lipinski definition) is 1. The quantitative estimate of drug-likeness (QED) is 0.894. The Labute approximate surface area is 108 Å². The highest BCUT2D eigenvalue weighted by atomic mass is 19.1. The Morgan fingerprint density at radius 3 is 2.67 bits per heavy atom. The molecule has 100 valence electrons. The Balaban J connectivity index is 2.25. The highest BCUT2D eigenvalue weighted by Gasteiger charge is 2.24. The number of halogens is 1. The number of rotatable bonds is 3. The van der Waals surface area contributed by atoms with Crippen LogP contribution < -0.4 is 10.2 Å². The van der Waals surface area contributed by atoms with Crippen LogP contribution in [-0.2, 0) is 6.54 Å². The molecule has 0 aromatic carbocycles. The second kappa shape index (κ2) is 5.65. The van der Waals surface area contributed by atoms with Gasteiger partial charge in [0.2, 0.25) is 0 Å². The van der Waals surface area contributed by atoms with E-state index in [4.69, 9.17) is 0 Å². The van der Waals surface area contributed by atoms with Crippen LogP contribution in [0.5, 0.6) is 0 Å². The van der Waals surface area contributed by atoms with Crippen LogP contribution >= 0.6 is 0 Å². The Morgan fingerprint density at radius 2 is 2.06 bits per heavy atom. The summed E-state index contributed by atoms with van der Waals surface area (Å²) in [7, 11) is 1.87. The molecule has 1 aliphatic rings. The lowest BCUT2D eigenvalue weighted by Crippen LogP contribution is -2.40. The summed E-state index contributed by atoms with van der Waals surface area (Å²) in [6.45, 7) is 7.21. The van der Waals surface area contributed by atoms with Gasteiger partial charge in [0.15, 0.2) is 0 Å². The number of pyridine rings is 1. The van der Waals surface area contributed by atoms with Crippen molar-refractivity contribution in [2.24, 2.45) is 11.8 Å². The van der Waals surface area contributed by atoms with Gasteiger partial charge in [-0.2, -0.15) is 0 Å². The summed E-state index contributed by atoms with van der Waals surface area (Å²) < 4.78 is 13.3. The number of anilines is 1. The van der Waals surface area contributed by atoms with Gasteiger partial charge in [-0.1, -0.05) is 13.8 Å². The zero-order valence-corrected chi connectivity index (χ0v) is 11.4. The minimum Gasteiger partial charge on any atom is -0.356 e. The van der Waals surface area contributed by atoms with Gasteiger partial charge in [-0.25, -0.2) is 9.37 Å². The monoisotopic (exact) mass is 251 g/mol. The molecule has 2 unspecified atom stereocenters.